The Kier molecular flexibility index (Phi) is 5.13. The van der Waals surface area contributed by atoms with Crippen LogP contribution in [0.1, 0.15) is 10.6 Å². The third kappa shape index (κ3) is 4.05. The molecule has 0 aliphatic carbocycles. The maximum atomic E-state index is 13.0. The van der Waals surface area contributed by atoms with Crippen LogP contribution >= 0.6 is 22.9 Å². The summed E-state index contributed by atoms with van der Waals surface area (Å²) < 4.78 is 13.0. The van der Waals surface area contributed by atoms with Gasteiger partial charge in [-0.25, -0.2) is 9.37 Å². The average molecular weight is 370 g/mol. The van der Waals surface area contributed by atoms with Crippen molar-refractivity contribution >= 4 is 34.2 Å². The molecule has 0 spiro atoms. The van der Waals surface area contributed by atoms with Crippen LogP contribution in [-0.4, -0.2) is 4.98 Å². The molecule has 1 heterocycles. The van der Waals surface area contributed by atoms with Crippen molar-refractivity contribution in [2.24, 2.45) is 0 Å². The van der Waals surface area contributed by atoms with Crippen LogP contribution in [-0.2, 0) is 0 Å². The summed E-state index contributed by atoms with van der Waals surface area (Å²) in [5, 5.41) is 15.6. The van der Waals surface area contributed by atoms with Crippen molar-refractivity contribution in [3.8, 4) is 17.3 Å². The van der Waals surface area contributed by atoms with Crippen LogP contribution in [0, 0.1) is 24.1 Å². The molecular weight excluding hydrogens is 357 g/mol. The van der Waals surface area contributed by atoms with Gasteiger partial charge in [-0.1, -0.05) is 17.7 Å². The molecule has 0 atom stereocenters. The van der Waals surface area contributed by atoms with Crippen molar-refractivity contribution in [3.63, 3.8) is 0 Å². The number of aryl methyl sites for hydroxylation is 1. The normalized spacial score (nSPS) is 11.2. The molecule has 0 amide bonds. The van der Waals surface area contributed by atoms with Crippen molar-refractivity contribution in [3.05, 3.63) is 75.5 Å². The van der Waals surface area contributed by atoms with Crippen molar-refractivity contribution < 1.29 is 4.39 Å². The van der Waals surface area contributed by atoms with E-state index in [1.807, 2.05) is 24.4 Å². The highest BCUT2D eigenvalue weighted by Crippen LogP contribution is 2.27. The van der Waals surface area contributed by atoms with Gasteiger partial charge in [-0.15, -0.1) is 11.3 Å². The lowest BCUT2D eigenvalue weighted by Gasteiger charge is -2.06. The van der Waals surface area contributed by atoms with Crippen molar-refractivity contribution in [1.82, 2.24) is 4.98 Å². The molecule has 3 nitrogen and oxygen atoms in total. The first-order valence-electron chi connectivity index (χ1n) is 7.41. The molecule has 124 valence electrons. The van der Waals surface area contributed by atoms with E-state index in [0.29, 0.717) is 21.3 Å². The molecule has 25 heavy (non-hydrogen) atoms. The summed E-state index contributed by atoms with van der Waals surface area (Å²) in [7, 11) is 0. The van der Waals surface area contributed by atoms with Gasteiger partial charge >= 0.3 is 0 Å². The third-order valence-electron chi connectivity index (χ3n) is 3.57. The summed E-state index contributed by atoms with van der Waals surface area (Å²) in [6, 6.07) is 13.8. The second-order valence-corrected chi connectivity index (χ2v) is 6.61. The molecule has 0 radical (unpaired) electrons. The molecule has 3 aromatic rings. The number of anilines is 1. The van der Waals surface area contributed by atoms with Gasteiger partial charge in [-0.05, 0) is 48.9 Å². The highest BCUT2D eigenvalue weighted by molar-refractivity contribution is 7.11. The maximum absolute atomic E-state index is 13.0. The van der Waals surface area contributed by atoms with Gasteiger partial charge < -0.3 is 5.32 Å². The van der Waals surface area contributed by atoms with Crippen LogP contribution < -0.4 is 5.32 Å². The zero-order chi connectivity index (χ0) is 17.8. The summed E-state index contributed by atoms with van der Waals surface area (Å²) in [5.41, 5.74) is 3.78. The molecule has 0 saturated heterocycles. The van der Waals surface area contributed by atoms with Gasteiger partial charge in [-0.3, -0.25) is 0 Å². The number of benzene rings is 2. The molecule has 3 rings (SSSR count). The van der Waals surface area contributed by atoms with E-state index in [1.165, 1.54) is 23.5 Å². The van der Waals surface area contributed by atoms with Crippen LogP contribution in [0.5, 0.6) is 0 Å². The van der Waals surface area contributed by atoms with E-state index in [-0.39, 0.29) is 5.82 Å². The summed E-state index contributed by atoms with van der Waals surface area (Å²) >= 11 is 7.36. The predicted molar refractivity (Wildman–Crippen MR) is 101 cm³/mol. The number of nitrogens with zero attached hydrogens (tertiary/aromatic N) is 2. The summed E-state index contributed by atoms with van der Waals surface area (Å²) in [4.78, 5) is 4.47. The third-order valence-corrected chi connectivity index (χ3v) is 4.68. The second kappa shape index (κ2) is 7.47. The van der Waals surface area contributed by atoms with Gasteiger partial charge in [0.2, 0.25) is 0 Å². The Balaban J connectivity index is 1.85. The monoisotopic (exact) mass is 369 g/mol. The molecule has 0 aliphatic rings. The Hall–Kier alpha value is -2.68. The SMILES string of the molecule is Cc1ccc(Cl)cc1N/C=C(\C#N)c1nc(-c2ccc(F)cc2)cs1. The number of allylic oxidation sites excluding steroid dienone is 1. The molecule has 6 heteroatoms. The van der Waals surface area contributed by atoms with Gasteiger partial charge in [-0.2, -0.15) is 5.26 Å². The van der Waals surface area contributed by atoms with Crippen LogP contribution in [0.4, 0.5) is 10.1 Å². The molecule has 0 bridgehead atoms. The predicted octanol–water partition coefficient (Wildman–Crippen LogP) is 5.89. The van der Waals surface area contributed by atoms with Crippen LogP contribution in [0.2, 0.25) is 5.02 Å². The van der Waals surface area contributed by atoms with Crippen molar-refractivity contribution in [2.45, 2.75) is 6.92 Å². The topological polar surface area (TPSA) is 48.7 Å². The van der Waals surface area contributed by atoms with Gasteiger partial charge in [0.25, 0.3) is 0 Å². The molecule has 0 unspecified atom stereocenters. The summed E-state index contributed by atoms with van der Waals surface area (Å²) in [6.45, 7) is 1.95. The number of thiazole rings is 1. The number of nitrogens with one attached hydrogen (secondary N) is 1. The molecule has 1 N–H and O–H groups in total. The van der Waals surface area contributed by atoms with E-state index in [1.54, 1.807) is 24.4 Å². The quantitative estimate of drug-likeness (QED) is 0.583. The van der Waals surface area contributed by atoms with Gasteiger partial charge in [0.1, 0.15) is 22.5 Å². The van der Waals surface area contributed by atoms with E-state index in [2.05, 4.69) is 16.4 Å². The molecular formula is C19H13ClFN3S. The summed E-state index contributed by atoms with van der Waals surface area (Å²) in [6.07, 6.45) is 1.62. The number of rotatable bonds is 4. The van der Waals surface area contributed by atoms with E-state index < -0.39 is 0 Å². The number of halogens is 2. The lowest BCUT2D eigenvalue weighted by molar-refractivity contribution is 0.628. The fraction of sp³-hybridized carbons (Fsp3) is 0.0526. The van der Waals surface area contributed by atoms with E-state index in [4.69, 9.17) is 11.6 Å². The zero-order valence-electron chi connectivity index (χ0n) is 13.3. The summed E-state index contributed by atoms with van der Waals surface area (Å²) in [5.74, 6) is -0.294. The van der Waals surface area contributed by atoms with E-state index in [0.717, 1.165) is 16.8 Å². The number of hydrogen-bond donors (Lipinski definition) is 1. The maximum Gasteiger partial charge on any atom is 0.136 e. The molecule has 1 aromatic heterocycles. The van der Waals surface area contributed by atoms with Gasteiger partial charge in [0.05, 0.1) is 5.69 Å². The standard InChI is InChI=1S/C19H13ClFN3S/c1-12-2-5-15(20)8-17(12)23-10-14(9-22)19-24-18(11-25-19)13-3-6-16(21)7-4-13/h2-8,10-11,23H,1H3/b14-10+. The molecule has 0 fully saturated rings. The van der Waals surface area contributed by atoms with Crippen LogP contribution in [0.15, 0.2) is 54.0 Å². The smallest absolute Gasteiger partial charge is 0.136 e. The van der Waals surface area contributed by atoms with Crippen LogP contribution in [0.25, 0.3) is 16.8 Å². The lowest BCUT2D eigenvalue weighted by Crippen LogP contribution is -1.93. The van der Waals surface area contributed by atoms with Crippen molar-refractivity contribution in [2.75, 3.05) is 5.32 Å². The van der Waals surface area contributed by atoms with Gasteiger partial charge in [0.15, 0.2) is 0 Å². The molecule has 0 saturated carbocycles. The first-order chi connectivity index (χ1) is 12.1. The highest BCUT2D eigenvalue weighted by Gasteiger charge is 2.09. The number of hydrogen-bond acceptors (Lipinski definition) is 4. The van der Waals surface area contributed by atoms with E-state index >= 15 is 0 Å². The Bertz CT molecular complexity index is 971. The number of aromatic nitrogens is 1. The Labute approximate surface area is 154 Å². The van der Waals surface area contributed by atoms with E-state index in [9.17, 15) is 9.65 Å². The second-order valence-electron chi connectivity index (χ2n) is 5.32. The average Bonchev–Trinajstić information content (AvgIpc) is 3.09. The largest absolute Gasteiger partial charge is 0.360 e. The Morgan fingerprint density at radius 2 is 2.04 bits per heavy atom. The number of nitriles is 1. The Morgan fingerprint density at radius 3 is 2.76 bits per heavy atom. The molecule has 2 aromatic carbocycles. The fourth-order valence-electron chi connectivity index (χ4n) is 2.19. The fourth-order valence-corrected chi connectivity index (χ4v) is 3.16. The van der Waals surface area contributed by atoms with Gasteiger partial charge in [0, 0.05) is 27.9 Å². The minimum absolute atomic E-state index is 0.294. The first kappa shape index (κ1) is 17.2. The molecule has 0 aliphatic heterocycles. The minimum Gasteiger partial charge on any atom is -0.360 e. The van der Waals surface area contributed by atoms with Crippen molar-refractivity contribution in [1.29, 1.82) is 5.26 Å². The highest BCUT2D eigenvalue weighted by atomic mass is 35.5. The van der Waals surface area contributed by atoms with Crippen LogP contribution in [0.3, 0.4) is 0 Å². The first-order valence-corrected chi connectivity index (χ1v) is 8.67. The lowest BCUT2D eigenvalue weighted by atomic mass is 10.2. The minimum atomic E-state index is -0.294. The zero-order valence-corrected chi connectivity index (χ0v) is 14.8. The Morgan fingerprint density at radius 1 is 1.28 bits per heavy atom.